The number of aromatic nitrogens is 3. The van der Waals surface area contributed by atoms with Crippen LogP contribution in [0.5, 0.6) is 0 Å². The number of pyridine rings is 1. The lowest BCUT2D eigenvalue weighted by molar-refractivity contribution is 0.0761. The number of nitrogens with zero attached hydrogens (tertiary/aromatic N) is 4. The molecular formula is C15H19N5O3. The topological polar surface area (TPSA) is 89.2 Å². The molecule has 8 heteroatoms. The van der Waals surface area contributed by atoms with E-state index in [4.69, 9.17) is 0 Å². The molecule has 3 heterocycles. The van der Waals surface area contributed by atoms with E-state index in [1.165, 1.54) is 11.6 Å². The van der Waals surface area contributed by atoms with Gasteiger partial charge in [0.1, 0.15) is 11.3 Å². The maximum absolute atomic E-state index is 12.6. The molecule has 0 aliphatic carbocycles. The van der Waals surface area contributed by atoms with E-state index in [0.29, 0.717) is 18.5 Å². The van der Waals surface area contributed by atoms with Gasteiger partial charge in [-0.1, -0.05) is 0 Å². The van der Waals surface area contributed by atoms with E-state index >= 15 is 0 Å². The lowest BCUT2D eigenvalue weighted by Crippen LogP contribution is -2.38. The number of carbonyl (C=O) groups is 1. The molecule has 8 nitrogen and oxygen atoms in total. The third kappa shape index (κ3) is 2.65. The molecule has 0 saturated carbocycles. The van der Waals surface area contributed by atoms with Gasteiger partial charge in [0, 0.05) is 33.7 Å². The molecule has 2 aromatic rings. The quantitative estimate of drug-likeness (QED) is 0.734. The number of hydrogen-bond donors (Lipinski definition) is 1. The van der Waals surface area contributed by atoms with Gasteiger partial charge >= 0.3 is 5.69 Å². The van der Waals surface area contributed by atoms with Crippen LogP contribution >= 0.6 is 0 Å². The first-order chi connectivity index (χ1) is 11.0. The van der Waals surface area contributed by atoms with E-state index in [0.717, 1.165) is 24.1 Å². The van der Waals surface area contributed by atoms with Crippen LogP contribution in [0.3, 0.4) is 0 Å². The molecule has 3 rings (SSSR count). The first-order valence-corrected chi connectivity index (χ1v) is 7.57. The largest absolute Gasteiger partial charge is 0.336 e. The second kappa shape index (κ2) is 5.96. The van der Waals surface area contributed by atoms with Gasteiger partial charge in [0.15, 0.2) is 0 Å². The van der Waals surface area contributed by atoms with Crippen LogP contribution in [0.1, 0.15) is 16.9 Å². The van der Waals surface area contributed by atoms with Crippen molar-refractivity contribution in [2.24, 2.45) is 14.1 Å². The Morgan fingerprint density at radius 2 is 1.91 bits per heavy atom. The number of fused-ring (bicyclic) bond motifs is 1. The van der Waals surface area contributed by atoms with Crippen molar-refractivity contribution in [3.63, 3.8) is 0 Å². The fourth-order valence-electron chi connectivity index (χ4n) is 2.78. The van der Waals surface area contributed by atoms with E-state index in [9.17, 15) is 14.4 Å². The molecule has 0 atom stereocenters. The van der Waals surface area contributed by atoms with Gasteiger partial charge in [-0.25, -0.2) is 9.78 Å². The van der Waals surface area contributed by atoms with E-state index < -0.39 is 11.2 Å². The average Bonchev–Trinajstić information content (AvgIpc) is 2.86. The maximum atomic E-state index is 12.6. The summed E-state index contributed by atoms with van der Waals surface area (Å²) in [7, 11) is 2.97. The van der Waals surface area contributed by atoms with Crippen LogP contribution < -0.4 is 16.6 Å². The van der Waals surface area contributed by atoms with Gasteiger partial charge in [0.05, 0.1) is 5.39 Å². The Labute approximate surface area is 132 Å². The predicted molar refractivity (Wildman–Crippen MR) is 85.6 cm³/mol. The normalized spacial score (nSPS) is 15.7. The molecule has 122 valence electrons. The minimum atomic E-state index is -0.460. The maximum Gasteiger partial charge on any atom is 0.332 e. The molecular weight excluding hydrogens is 298 g/mol. The number of rotatable bonds is 1. The van der Waals surface area contributed by atoms with Gasteiger partial charge in [-0.2, -0.15) is 0 Å². The van der Waals surface area contributed by atoms with E-state index in [-0.39, 0.29) is 17.2 Å². The van der Waals surface area contributed by atoms with Crippen molar-refractivity contribution in [2.75, 3.05) is 26.2 Å². The first kappa shape index (κ1) is 15.4. The Kier molecular flexibility index (Phi) is 3.99. The van der Waals surface area contributed by atoms with Crippen LogP contribution in [-0.4, -0.2) is 51.1 Å². The van der Waals surface area contributed by atoms with Crippen molar-refractivity contribution in [1.82, 2.24) is 24.3 Å². The minimum Gasteiger partial charge on any atom is -0.336 e. The van der Waals surface area contributed by atoms with Gasteiger partial charge in [-0.15, -0.1) is 0 Å². The second-order valence-electron chi connectivity index (χ2n) is 5.67. The van der Waals surface area contributed by atoms with E-state index in [1.807, 2.05) is 0 Å². The monoisotopic (exact) mass is 317 g/mol. The lowest BCUT2D eigenvalue weighted by Gasteiger charge is -2.19. The molecule has 0 spiro atoms. The molecule has 1 saturated heterocycles. The second-order valence-corrected chi connectivity index (χ2v) is 5.67. The standard InChI is InChI=1S/C15H19N5O3/c1-18-12-10(13(21)19(2)15(18)23)4-5-11(17-12)14(22)20-8-3-6-16-7-9-20/h4-5,16H,3,6-9H2,1-2H3. The Balaban J connectivity index is 2.08. The molecule has 1 fully saturated rings. The van der Waals surface area contributed by atoms with E-state index in [1.54, 1.807) is 24.1 Å². The van der Waals surface area contributed by atoms with Gasteiger partial charge in [-0.3, -0.25) is 18.7 Å². The molecule has 0 radical (unpaired) electrons. The molecule has 2 aromatic heterocycles. The number of nitrogens with one attached hydrogen (secondary N) is 1. The number of hydrogen-bond acceptors (Lipinski definition) is 5. The van der Waals surface area contributed by atoms with Crippen LogP contribution in [-0.2, 0) is 14.1 Å². The third-order valence-corrected chi connectivity index (χ3v) is 4.15. The predicted octanol–water partition coefficient (Wildman–Crippen LogP) is -0.932. The van der Waals surface area contributed by atoms with Crippen LogP contribution in [0.2, 0.25) is 0 Å². The Morgan fingerprint density at radius 3 is 2.70 bits per heavy atom. The Bertz CT molecular complexity index is 875. The fraction of sp³-hybridized carbons (Fsp3) is 0.467. The van der Waals surface area contributed by atoms with Crippen molar-refractivity contribution in [2.45, 2.75) is 6.42 Å². The molecule has 0 bridgehead atoms. The zero-order valence-corrected chi connectivity index (χ0v) is 13.2. The molecule has 1 aliphatic rings. The highest BCUT2D eigenvalue weighted by atomic mass is 16.2. The van der Waals surface area contributed by atoms with Crippen LogP contribution in [0.4, 0.5) is 0 Å². The summed E-state index contributed by atoms with van der Waals surface area (Å²) in [5.74, 6) is -0.177. The van der Waals surface area contributed by atoms with Crippen LogP contribution in [0.25, 0.3) is 11.0 Å². The average molecular weight is 317 g/mol. The fourth-order valence-corrected chi connectivity index (χ4v) is 2.78. The van der Waals surface area contributed by atoms with E-state index in [2.05, 4.69) is 10.3 Å². The molecule has 0 aromatic carbocycles. The summed E-state index contributed by atoms with van der Waals surface area (Å²) in [5.41, 5.74) is -0.383. The van der Waals surface area contributed by atoms with Gasteiger partial charge in [0.25, 0.3) is 11.5 Å². The van der Waals surface area contributed by atoms with Crippen molar-refractivity contribution >= 4 is 16.9 Å². The van der Waals surface area contributed by atoms with Crippen LogP contribution in [0, 0.1) is 0 Å². The van der Waals surface area contributed by atoms with Crippen molar-refractivity contribution in [1.29, 1.82) is 0 Å². The minimum absolute atomic E-state index is 0.177. The molecule has 0 unspecified atom stereocenters. The smallest absolute Gasteiger partial charge is 0.332 e. The SMILES string of the molecule is Cn1c(=O)c2ccc(C(=O)N3CCCNCC3)nc2n(C)c1=O. The highest BCUT2D eigenvalue weighted by Gasteiger charge is 2.20. The number of amides is 1. The summed E-state index contributed by atoms with van der Waals surface area (Å²) in [5, 5.41) is 3.56. The van der Waals surface area contributed by atoms with Crippen molar-refractivity contribution < 1.29 is 4.79 Å². The summed E-state index contributed by atoms with van der Waals surface area (Å²) in [6.07, 6.45) is 0.887. The molecule has 1 aliphatic heterocycles. The van der Waals surface area contributed by atoms with Gasteiger partial charge < -0.3 is 10.2 Å². The lowest BCUT2D eigenvalue weighted by atomic mass is 10.2. The Morgan fingerprint density at radius 1 is 1.13 bits per heavy atom. The summed E-state index contributed by atoms with van der Waals surface area (Å²) in [6, 6.07) is 3.11. The third-order valence-electron chi connectivity index (χ3n) is 4.15. The summed E-state index contributed by atoms with van der Waals surface area (Å²) < 4.78 is 2.32. The number of aryl methyl sites for hydroxylation is 1. The molecule has 1 amide bonds. The van der Waals surface area contributed by atoms with Crippen molar-refractivity contribution in [3.05, 3.63) is 38.7 Å². The molecule has 23 heavy (non-hydrogen) atoms. The highest BCUT2D eigenvalue weighted by molar-refractivity contribution is 5.94. The van der Waals surface area contributed by atoms with Gasteiger partial charge in [-0.05, 0) is 25.1 Å². The summed E-state index contributed by atoms with van der Waals surface area (Å²) in [4.78, 5) is 42.8. The summed E-state index contributed by atoms with van der Waals surface area (Å²) >= 11 is 0. The zero-order valence-electron chi connectivity index (χ0n) is 13.2. The number of carbonyl (C=O) groups excluding carboxylic acids is 1. The summed E-state index contributed by atoms with van der Waals surface area (Å²) in [6.45, 7) is 2.92. The molecule has 1 N–H and O–H groups in total. The zero-order chi connectivity index (χ0) is 16.6. The Hall–Kier alpha value is -2.48. The van der Waals surface area contributed by atoms with Crippen molar-refractivity contribution in [3.8, 4) is 0 Å². The highest BCUT2D eigenvalue weighted by Crippen LogP contribution is 2.09. The first-order valence-electron chi connectivity index (χ1n) is 7.57. The van der Waals surface area contributed by atoms with Gasteiger partial charge in [0.2, 0.25) is 0 Å². The van der Waals surface area contributed by atoms with Crippen LogP contribution in [0.15, 0.2) is 21.7 Å².